The minimum Gasteiger partial charge on any atom is -0.383 e. The normalized spacial score (nSPS) is 9.94. The monoisotopic (exact) mass is 233 g/mol. The molecule has 0 bridgehead atoms. The molecule has 3 heteroatoms. The average Bonchev–Trinajstić information content (AvgIpc) is 2.34. The molecule has 0 heterocycles. The number of ketones is 1. The maximum absolute atomic E-state index is 11.1. The first-order chi connectivity index (χ1) is 8.24. The van der Waals surface area contributed by atoms with E-state index in [1.54, 1.807) is 6.92 Å². The number of benzene rings is 1. The molecule has 0 aliphatic heterocycles. The second kappa shape index (κ2) is 7.63. The molecule has 0 aliphatic rings. The molecule has 92 valence electrons. The maximum Gasteiger partial charge on any atom is 0.159 e. The highest BCUT2D eigenvalue weighted by Gasteiger charge is 1.98. The number of ether oxygens (including phenoxy) is 1. The first-order valence-corrected chi connectivity index (χ1v) is 5.77. The van der Waals surface area contributed by atoms with Crippen LogP contribution in [0.3, 0.4) is 0 Å². The fraction of sp³-hybridized carbons (Fsp3) is 0.357. The third-order valence-corrected chi connectivity index (χ3v) is 2.33. The Morgan fingerprint density at radius 1 is 1.35 bits per heavy atom. The van der Waals surface area contributed by atoms with Crippen LogP contribution in [0.2, 0.25) is 0 Å². The summed E-state index contributed by atoms with van der Waals surface area (Å²) >= 11 is 0. The molecule has 3 nitrogen and oxygen atoms in total. The van der Waals surface area contributed by atoms with E-state index in [0.717, 1.165) is 24.2 Å². The van der Waals surface area contributed by atoms with Gasteiger partial charge >= 0.3 is 0 Å². The number of carbonyl (C=O) groups excluding carboxylic acids is 1. The standard InChI is InChI=1S/C14H19NO2/c1-3-4-10-17-11-9-15-14-7-5-13(6-8-14)12(2)16/h3,5-8,15H,1,4,9-11H2,2H3. The van der Waals surface area contributed by atoms with E-state index in [4.69, 9.17) is 4.74 Å². The Bertz CT molecular complexity index is 357. The van der Waals surface area contributed by atoms with Gasteiger partial charge in [0.25, 0.3) is 0 Å². The fourth-order valence-electron chi connectivity index (χ4n) is 1.36. The van der Waals surface area contributed by atoms with Crippen molar-refractivity contribution in [1.29, 1.82) is 0 Å². The Morgan fingerprint density at radius 2 is 2.06 bits per heavy atom. The van der Waals surface area contributed by atoms with Gasteiger partial charge in [-0.05, 0) is 37.6 Å². The summed E-state index contributed by atoms with van der Waals surface area (Å²) < 4.78 is 5.37. The Hall–Kier alpha value is -1.61. The Kier molecular flexibility index (Phi) is 6.04. The molecule has 0 spiro atoms. The Balaban J connectivity index is 2.23. The quantitative estimate of drug-likeness (QED) is 0.426. The number of hydrogen-bond donors (Lipinski definition) is 1. The number of anilines is 1. The van der Waals surface area contributed by atoms with Crippen molar-refractivity contribution in [3.8, 4) is 0 Å². The van der Waals surface area contributed by atoms with Gasteiger partial charge in [-0.15, -0.1) is 6.58 Å². The summed E-state index contributed by atoms with van der Waals surface area (Å²) in [5, 5.41) is 3.23. The van der Waals surface area contributed by atoms with Crippen LogP contribution in [0.15, 0.2) is 36.9 Å². The summed E-state index contributed by atoms with van der Waals surface area (Å²) in [4.78, 5) is 11.1. The minimum absolute atomic E-state index is 0.0873. The van der Waals surface area contributed by atoms with Crippen LogP contribution in [0.4, 0.5) is 5.69 Å². The number of rotatable bonds is 8. The molecule has 1 aromatic rings. The predicted octanol–water partition coefficient (Wildman–Crippen LogP) is 2.89. The van der Waals surface area contributed by atoms with Gasteiger partial charge in [-0.2, -0.15) is 0 Å². The summed E-state index contributed by atoms with van der Waals surface area (Å²) in [6, 6.07) is 7.45. The minimum atomic E-state index is 0.0873. The maximum atomic E-state index is 11.1. The van der Waals surface area contributed by atoms with Gasteiger partial charge < -0.3 is 10.1 Å². The topological polar surface area (TPSA) is 38.3 Å². The first-order valence-electron chi connectivity index (χ1n) is 5.77. The molecular formula is C14H19NO2. The van der Waals surface area contributed by atoms with Crippen LogP contribution in [0.1, 0.15) is 23.7 Å². The van der Waals surface area contributed by atoms with Gasteiger partial charge in [0.2, 0.25) is 0 Å². The van der Waals surface area contributed by atoms with Crippen molar-refractivity contribution in [1.82, 2.24) is 0 Å². The lowest BCUT2D eigenvalue weighted by atomic mass is 10.1. The fourth-order valence-corrected chi connectivity index (χ4v) is 1.36. The first kappa shape index (κ1) is 13.5. The van der Waals surface area contributed by atoms with E-state index in [1.807, 2.05) is 30.3 Å². The van der Waals surface area contributed by atoms with Crippen molar-refractivity contribution in [2.24, 2.45) is 0 Å². The summed E-state index contributed by atoms with van der Waals surface area (Å²) in [5.41, 5.74) is 1.74. The molecule has 0 aliphatic carbocycles. The number of carbonyl (C=O) groups is 1. The molecule has 0 fully saturated rings. The summed E-state index contributed by atoms with van der Waals surface area (Å²) in [7, 11) is 0. The zero-order chi connectivity index (χ0) is 12.5. The van der Waals surface area contributed by atoms with Crippen LogP contribution >= 0.6 is 0 Å². The van der Waals surface area contributed by atoms with Gasteiger partial charge in [0.05, 0.1) is 13.2 Å². The Labute approximate surface area is 102 Å². The van der Waals surface area contributed by atoms with Crippen LogP contribution in [0.5, 0.6) is 0 Å². The van der Waals surface area contributed by atoms with Gasteiger partial charge in [0.15, 0.2) is 5.78 Å². The highest BCUT2D eigenvalue weighted by atomic mass is 16.5. The lowest BCUT2D eigenvalue weighted by Crippen LogP contribution is -2.09. The molecule has 0 saturated carbocycles. The van der Waals surface area contributed by atoms with Crippen molar-refractivity contribution in [3.63, 3.8) is 0 Å². The molecular weight excluding hydrogens is 214 g/mol. The van der Waals surface area contributed by atoms with Crippen LogP contribution in [0.25, 0.3) is 0 Å². The highest BCUT2D eigenvalue weighted by molar-refractivity contribution is 5.94. The van der Waals surface area contributed by atoms with Crippen molar-refractivity contribution in [2.75, 3.05) is 25.1 Å². The van der Waals surface area contributed by atoms with Gasteiger partial charge in [0, 0.05) is 17.8 Å². The summed E-state index contributed by atoms with van der Waals surface area (Å²) in [6.45, 7) is 7.34. The zero-order valence-corrected chi connectivity index (χ0v) is 10.2. The zero-order valence-electron chi connectivity index (χ0n) is 10.2. The molecule has 17 heavy (non-hydrogen) atoms. The lowest BCUT2D eigenvalue weighted by Gasteiger charge is -2.07. The smallest absolute Gasteiger partial charge is 0.159 e. The summed E-state index contributed by atoms with van der Waals surface area (Å²) in [5.74, 6) is 0.0873. The van der Waals surface area contributed by atoms with E-state index in [2.05, 4.69) is 11.9 Å². The van der Waals surface area contributed by atoms with Gasteiger partial charge in [-0.25, -0.2) is 0 Å². The molecule has 0 radical (unpaired) electrons. The molecule has 1 N–H and O–H groups in total. The van der Waals surface area contributed by atoms with Crippen molar-refractivity contribution < 1.29 is 9.53 Å². The van der Waals surface area contributed by atoms with E-state index in [0.29, 0.717) is 13.2 Å². The van der Waals surface area contributed by atoms with E-state index in [1.165, 1.54) is 0 Å². The lowest BCUT2D eigenvalue weighted by molar-refractivity contribution is 0.101. The van der Waals surface area contributed by atoms with Gasteiger partial charge in [-0.1, -0.05) is 6.08 Å². The largest absolute Gasteiger partial charge is 0.383 e. The van der Waals surface area contributed by atoms with Gasteiger partial charge in [-0.3, -0.25) is 4.79 Å². The number of nitrogens with one attached hydrogen (secondary N) is 1. The summed E-state index contributed by atoms with van der Waals surface area (Å²) in [6.07, 6.45) is 2.72. The van der Waals surface area contributed by atoms with Crippen molar-refractivity contribution in [2.45, 2.75) is 13.3 Å². The predicted molar refractivity (Wildman–Crippen MR) is 70.6 cm³/mol. The van der Waals surface area contributed by atoms with E-state index >= 15 is 0 Å². The van der Waals surface area contributed by atoms with E-state index in [-0.39, 0.29) is 5.78 Å². The van der Waals surface area contributed by atoms with Crippen LogP contribution < -0.4 is 5.32 Å². The molecule has 0 amide bonds. The molecule has 1 rings (SSSR count). The SMILES string of the molecule is C=CCCOCCNc1ccc(C(C)=O)cc1. The molecule has 1 aromatic carbocycles. The third kappa shape index (κ3) is 5.31. The van der Waals surface area contributed by atoms with Crippen LogP contribution in [0, 0.1) is 0 Å². The van der Waals surface area contributed by atoms with Crippen molar-refractivity contribution in [3.05, 3.63) is 42.5 Å². The second-order valence-corrected chi connectivity index (χ2v) is 3.75. The Morgan fingerprint density at radius 3 is 2.65 bits per heavy atom. The van der Waals surface area contributed by atoms with Crippen LogP contribution in [-0.4, -0.2) is 25.5 Å². The van der Waals surface area contributed by atoms with Crippen LogP contribution in [-0.2, 0) is 4.74 Å². The van der Waals surface area contributed by atoms with E-state index in [9.17, 15) is 4.79 Å². The molecule has 0 atom stereocenters. The highest BCUT2D eigenvalue weighted by Crippen LogP contribution is 2.09. The number of Topliss-reactive ketones (excluding diaryl/α,β-unsaturated/α-hetero) is 1. The van der Waals surface area contributed by atoms with E-state index < -0.39 is 0 Å². The number of hydrogen-bond acceptors (Lipinski definition) is 3. The average molecular weight is 233 g/mol. The van der Waals surface area contributed by atoms with Gasteiger partial charge in [0.1, 0.15) is 0 Å². The molecule has 0 saturated heterocycles. The third-order valence-electron chi connectivity index (χ3n) is 2.33. The second-order valence-electron chi connectivity index (χ2n) is 3.75. The molecule has 0 unspecified atom stereocenters. The molecule has 0 aromatic heterocycles. The van der Waals surface area contributed by atoms with Crippen molar-refractivity contribution >= 4 is 11.5 Å².